The van der Waals surface area contributed by atoms with E-state index in [1.165, 1.54) is 0 Å². The number of amides is 1. The normalized spacial score (nSPS) is 18.6. The van der Waals surface area contributed by atoms with E-state index < -0.39 is 0 Å². The molecular weight excluding hydrogens is 310 g/mol. The van der Waals surface area contributed by atoms with Crippen molar-refractivity contribution >= 4 is 21.8 Å². The largest absolute Gasteiger partial charge is 0.493 e. The van der Waals surface area contributed by atoms with Gasteiger partial charge >= 0.3 is 0 Å². The fourth-order valence-corrected chi connectivity index (χ4v) is 2.42. The Morgan fingerprint density at radius 2 is 2.16 bits per heavy atom. The molecule has 1 aliphatic rings. The van der Waals surface area contributed by atoms with E-state index in [1.54, 1.807) is 0 Å². The minimum Gasteiger partial charge on any atom is -0.493 e. The van der Waals surface area contributed by atoms with Crippen molar-refractivity contribution in [3.63, 3.8) is 0 Å². The van der Waals surface area contributed by atoms with E-state index in [1.807, 2.05) is 29.2 Å². The minimum atomic E-state index is 0.105. The topological polar surface area (TPSA) is 49.8 Å². The summed E-state index contributed by atoms with van der Waals surface area (Å²) in [6.45, 7) is 1.98. The molecule has 1 heterocycles. The quantitative estimate of drug-likeness (QED) is 0.900. The highest BCUT2D eigenvalue weighted by Gasteiger charge is 2.25. The van der Waals surface area contributed by atoms with Crippen LogP contribution in [0.15, 0.2) is 28.7 Å². The van der Waals surface area contributed by atoms with Gasteiger partial charge in [0.05, 0.1) is 13.0 Å². The molecule has 1 amide bonds. The van der Waals surface area contributed by atoms with Gasteiger partial charge in [0, 0.05) is 30.1 Å². The summed E-state index contributed by atoms with van der Waals surface area (Å²) in [6, 6.07) is 7.55. The Labute approximate surface area is 121 Å². The summed E-state index contributed by atoms with van der Waals surface area (Å²) in [5.74, 6) is 1.12. The van der Waals surface area contributed by atoms with Gasteiger partial charge in [-0.05, 0) is 30.7 Å². The van der Waals surface area contributed by atoms with Crippen molar-refractivity contribution < 1.29 is 14.6 Å². The van der Waals surface area contributed by atoms with Crippen LogP contribution in [0.25, 0.3) is 0 Å². The van der Waals surface area contributed by atoms with Crippen LogP contribution >= 0.6 is 15.9 Å². The second-order valence-corrected chi connectivity index (χ2v) is 5.65. The zero-order valence-electron chi connectivity index (χ0n) is 10.7. The molecular formula is C14H18BrNO3. The van der Waals surface area contributed by atoms with Gasteiger partial charge in [-0.25, -0.2) is 0 Å². The molecule has 1 atom stereocenters. The van der Waals surface area contributed by atoms with E-state index in [2.05, 4.69) is 15.9 Å². The van der Waals surface area contributed by atoms with Crippen LogP contribution in [-0.2, 0) is 4.79 Å². The summed E-state index contributed by atoms with van der Waals surface area (Å²) in [5.41, 5.74) is 0. The molecule has 104 valence electrons. The van der Waals surface area contributed by atoms with Gasteiger partial charge in [0.1, 0.15) is 5.75 Å². The van der Waals surface area contributed by atoms with Gasteiger partial charge in [0.2, 0.25) is 5.91 Å². The third-order valence-corrected chi connectivity index (χ3v) is 3.82. The van der Waals surface area contributed by atoms with Gasteiger partial charge in [0.25, 0.3) is 0 Å². The van der Waals surface area contributed by atoms with Crippen LogP contribution in [0.1, 0.15) is 12.8 Å². The van der Waals surface area contributed by atoms with Crippen molar-refractivity contribution in [1.29, 1.82) is 0 Å². The molecule has 1 aromatic rings. The molecule has 0 spiro atoms. The maximum absolute atomic E-state index is 11.9. The minimum absolute atomic E-state index is 0.105. The highest BCUT2D eigenvalue weighted by atomic mass is 79.9. The molecule has 0 bridgehead atoms. The highest BCUT2D eigenvalue weighted by Crippen LogP contribution is 2.18. The first-order chi connectivity index (χ1) is 9.19. The van der Waals surface area contributed by atoms with Gasteiger partial charge in [-0.1, -0.05) is 15.9 Å². The molecule has 1 unspecified atom stereocenters. The van der Waals surface area contributed by atoms with Crippen molar-refractivity contribution in [2.24, 2.45) is 5.92 Å². The van der Waals surface area contributed by atoms with Crippen LogP contribution < -0.4 is 4.74 Å². The smallest absolute Gasteiger partial charge is 0.226 e. The molecule has 0 saturated carbocycles. The Kier molecular flexibility index (Phi) is 5.22. The lowest BCUT2D eigenvalue weighted by atomic mass is 10.1. The number of hydrogen-bond donors (Lipinski definition) is 1. The van der Waals surface area contributed by atoms with Crippen LogP contribution in [0.5, 0.6) is 5.75 Å². The first kappa shape index (κ1) is 14.3. The maximum atomic E-state index is 11.9. The molecule has 0 aromatic heterocycles. The Hall–Kier alpha value is -1.07. The highest BCUT2D eigenvalue weighted by molar-refractivity contribution is 9.10. The lowest BCUT2D eigenvalue weighted by molar-refractivity contribution is -0.130. The summed E-state index contributed by atoms with van der Waals surface area (Å²) < 4.78 is 6.53. The summed E-state index contributed by atoms with van der Waals surface area (Å²) in [4.78, 5) is 13.7. The Bertz CT molecular complexity index is 421. The fraction of sp³-hybridized carbons (Fsp3) is 0.500. The molecule has 0 aliphatic carbocycles. The van der Waals surface area contributed by atoms with E-state index in [0.29, 0.717) is 19.6 Å². The van der Waals surface area contributed by atoms with Crippen LogP contribution in [-0.4, -0.2) is 42.2 Å². The first-order valence-corrected chi connectivity index (χ1v) is 7.25. The van der Waals surface area contributed by atoms with Crippen molar-refractivity contribution in [3.8, 4) is 5.75 Å². The number of hydrogen-bond acceptors (Lipinski definition) is 3. The predicted molar refractivity (Wildman–Crippen MR) is 76.0 cm³/mol. The first-order valence-electron chi connectivity index (χ1n) is 6.46. The van der Waals surface area contributed by atoms with Crippen LogP contribution in [0, 0.1) is 5.92 Å². The van der Waals surface area contributed by atoms with Gasteiger partial charge in [0.15, 0.2) is 0 Å². The number of halogens is 1. The summed E-state index contributed by atoms with van der Waals surface area (Å²) in [5, 5.41) is 9.05. The maximum Gasteiger partial charge on any atom is 0.226 e. The Morgan fingerprint density at radius 3 is 2.79 bits per heavy atom. The Morgan fingerprint density at radius 1 is 1.42 bits per heavy atom. The van der Waals surface area contributed by atoms with Crippen molar-refractivity contribution in [3.05, 3.63) is 28.7 Å². The summed E-state index contributed by atoms with van der Waals surface area (Å²) >= 11 is 3.36. The molecule has 0 radical (unpaired) electrons. The van der Waals surface area contributed by atoms with E-state index >= 15 is 0 Å². The van der Waals surface area contributed by atoms with Crippen LogP contribution in [0.3, 0.4) is 0 Å². The van der Waals surface area contributed by atoms with Crippen molar-refractivity contribution in [2.75, 3.05) is 26.3 Å². The number of carbonyl (C=O) groups excluding carboxylic acids is 1. The van der Waals surface area contributed by atoms with E-state index in [0.717, 1.165) is 23.2 Å². The number of nitrogens with zero attached hydrogens (tertiary/aromatic N) is 1. The number of ether oxygens (including phenoxy) is 1. The third-order valence-electron chi connectivity index (χ3n) is 3.30. The fourth-order valence-electron chi connectivity index (χ4n) is 2.15. The van der Waals surface area contributed by atoms with E-state index in [9.17, 15) is 4.79 Å². The standard InChI is InChI=1S/C14H18BrNO3/c15-12-1-3-13(4-2-12)19-8-6-14(18)16-7-5-11(9-16)10-17/h1-4,11,17H,5-10H2. The van der Waals surface area contributed by atoms with E-state index in [-0.39, 0.29) is 18.4 Å². The molecule has 5 heteroatoms. The second-order valence-electron chi connectivity index (χ2n) is 4.73. The summed E-state index contributed by atoms with van der Waals surface area (Å²) in [6.07, 6.45) is 1.28. The summed E-state index contributed by atoms with van der Waals surface area (Å²) in [7, 11) is 0. The lowest BCUT2D eigenvalue weighted by Gasteiger charge is -2.16. The van der Waals surface area contributed by atoms with Crippen LogP contribution in [0.4, 0.5) is 0 Å². The number of aliphatic hydroxyl groups is 1. The monoisotopic (exact) mass is 327 g/mol. The number of benzene rings is 1. The molecule has 4 nitrogen and oxygen atoms in total. The number of likely N-dealkylation sites (tertiary alicyclic amines) is 1. The zero-order chi connectivity index (χ0) is 13.7. The van der Waals surface area contributed by atoms with Crippen molar-refractivity contribution in [1.82, 2.24) is 4.90 Å². The molecule has 1 aromatic carbocycles. The molecule has 2 rings (SSSR count). The lowest BCUT2D eigenvalue weighted by Crippen LogP contribution is -2.30. The zero-order valence-corrected chi connectivity index (χ0v) is 12.3. The molecule has 1 N–H and O–H groups in total. The second kappa shape index (κ2) is 6.91. The predicted octanol–water partition coefficient (Wildman–Crippen LogP) is 2.06. The van der Waals surface area contributed by atoms with Gasteiger partial charge in [-0.3, -0.25) is 4.79 Å². The van der Waals surface area contributed by atoms with Gasteiger partial charge in [-0.2, -0.15) is 0 Å². The molecule has 1 saturated heterocycles. The van der Waals surface area contributed by atoms with Gasteiger partial charge in [-0.15, -0.1) is 0 Å². The molecule has 1 aliphatic heterocycles. The number of rotatable bonds is 5. The van der Waals surface area contributed by atoms with Crippen molar-refractivity contribution in [2.45, 2.75) is 12.8 Å². The van der Waals surface area contributed by atoms with Gasteiger partial charge < -0.3 is 14.7 Å². The van der Waals surface area contributed by atoms with E-state index in [4.69, 9.17) is 9.84 Å². The molecule has 19 heavy (non-hydrogen) atoms. The molecule has 1 fully saturated rings. The SMILES string of the molecule is O=C(CCOc1ccc(Br)cc1)N1CCC(CO)C1. The third kappa shape index (κ3) is 4.21. The average molecular weight is 328 g/mol. The average Bonchev–Trinajstić information content (AvgIpc) is 2.90. The Balaban J connectivity index is 1.71. The number of carbonyl (C=O) groups is 1. The van der Waals surface area contributed by atoms with Crippen LogP contribution in [0.2, 0.25) is 0 Å². The number of aliphatic hydroxyl groups excluding tert-OH is 1.